The van der Waals surface area contributed by atoms with Crippen LogP contribution < -0.4 is 14.8 Å². The van der Waals surface area contributed by atoms with E-state index in [0.717, 1.165) is 0 Å². The minimum atomic E-state index is -0.922. The normalized spacial score (nSPS) is 14.7. The average Bonchev–Trinajstić information content (AvgIpc) is 3.31. The summed E-state index contributed by atoms with van der Waals surface area (Å²) in [5.74, 6) is 0.432. The first-order chi connectivity index (χ1) is 16.3. The minimum absolute atomic E-state index is 0.104. The molecular weight excluding hydrogens is 485 g/mol. The van der Waals surface area contributed by atoms with Crippen LogP contribution in [0.3, 0.4) is 0 Å². The Hall–Kier alpha value is -3.82. The van der Waals surface area contributed by atoms with Crippen molar-refractivity contribution in [1.29, 1.82) is 0 Å². The van der Waals surface area contributed by atoms with Crippen LogP contribution >= 0.6 is 23.2 Å². The number of benzene rings is 3. The van der Waals surface area contributed by atoms with Crippen molar-refractivity contribution in [1.82, 2.24) is 0 Å². The monoisotopic (exact) mass is 501 g/mol. The van der Waals surface area contributed by atoms with Gasteiger partial charge in [-0.05, 0) is 30.3 Å². The van der Waals surface area contributed by atoms with Crippen molar-refractivity contribution in [2.24, 2.45) is 5.16 Å². The predicted molar refractivity (Wildman–Crippen MR) is 127 cm³/mol. The molecule has 3 aromatic carbocycles. The highest BCUT2D eigenvalue weighted by molar-refractivity contribution is 6.35. The zero-order valence-electron chi connectivity index (χ0n) is 17.7. The number of amides is 1. The maximum atomic E-state index is 12.8. The van der Waals surface area contributed by atoms with Gasteiger partial charge in [0.2, 0.25) is 6.10 Å². The van der Waals surface area contributed by atoms with E-state index in [0.29, 0.717) is 22.0 Å². The molecule has 1 aliphatic rings. The number of nitrogens with one attached hydrogen (secondary N) is 1. The minimum Gasteiger partial charge on any atom is -0.496 e. The fraction of sp³-hybridized carbons (Fsp3) is 0.130. The number of hydrogen-bond donors (Lipinski definition) is 1. The Bertz CT molecular complexity index is 1300. The average molecular weight is 502 g/mol. The molecule has 1 N–H and O–H groups in total. The number of carbonyl (C=O) groups excluding carboxylic acids is 1. The van der Waals surface area contributed by atoms with Crippen molar-refractivity contribution in [2.75, 3.05) is 12.4 Å². The molecule has 0 aliphatic carbocycles. The van der Waals surface area contributed by atoms with Gasteiger partial charge < -0.3 is 19.6 Å². The summed E-state index contributed by atoms with van der Waals surface area (Å²) in [7, 11) is 1.54. The van der Waals surface area contributed by atoms with Crippen LogP contribution in [-0.2, 0) is 9.63 Å². The van der Waals surface area contributed by atoms with Crippen LogP contribution in [0.4, 0.5) is 11.4 Å². The molecule has 1 amide bonds. The van der Waals surface area contributed by atoms with Gasteiger partial charge in [0.25, 0.3) is 11.6 Å². The number of hydrogen-bond acceptors (Lipinski definition) is 7. The summed E-state index contributed by atoms with van der Waals surface area (Å²) >= 11 is 12.0. The third kappa shape index (κ3) is 5.22. The van der Waals surface area contributed by atoms with Crippen LogP contribution in [0.2, 0.25) is 10.0 Å². The highest BCUT2D eigenvalue weighted by atomic mass is 35.5. The summed E-state index contributed by atoms with van der Waals surface area (Å²) < 4.78 is 11.0. The smallest absolute Gasteiger partial charge is 0.275 e. The first kappa shape index (κ1) is 23.3. The summed E-state index contributed by atoms with van der Waals surface area (Å²) in [5.41, 5.74) is 1.13. The molecule has 174 valence electrons. The number of nitro groups is 1. The molecule has 0 saturated heterocycles. The summed E-state index contributed by atoms with van der Waals surface area (Å²) in [6.45, 7) is 0. The van der Waals surface area contributed by atoms with Gasteiger partial charge >= 0.3 is 0 Å². The third-order valence-corrected chi connectivity index (χ3v) is 5.40. The van der Waals surface area contributed by atoms with Gasteiger partial charge in [0, 0.05) is 29.1 Å². The predicted octanol–water partition coefficient (Wildman–Crippen LogP) is 5.83. The standard InChI is InChI=1S/C23H17Cl2N3O6/c1-32-20-5-3-2-4-17(20)19-12-22(34-27-19)23(29)26-14-9-15(28(30)31)11-16(10-14)33-21-7-6-13(24)8-18(21)25/h2-11,22H,12H2,1H3,(H,26,29). The van der Waals surface area contributed by atoms with Crippen molar-refractivity contribution < 1.29 is 24.0 Å². The topological polar surface area (TPSA) is 112 Å². The molecular formula is C23H17Cl2N3O6. The fourth-order valence-electron chi connectivity index (χ4n) is 3.29. The van der Waals surface area contributed by atoms with Crippen molar-refractivity contribution in [3.8, 4) is 17.2 Å². The fourth-order valence-corrected chi connectivity index (χ4v) is 3.73. The highest BCUT2D eigenvalue weighted by Crippen LogP contribution is 2.35. The zero-order chi connectivity index (χ0) is 24.2. The molecule has 0 radical (unpaired) electrons. The van der Waals surface area contributed by atoms with Gasteiger partial charge in [-0.1, -0.05) is 40.5 Å². The maximum absolute atomic E-state index is 12.8. The molecule has 4 rings (SSSR count). The largest absolute Gasteiger partial charge is 0.496 e. The lowest BCUT2D eigenvalue weighted by molar-refractivity contribution is -0.384. The van der Waals surface area contributed by atoms with E-state index >= 15 is 0 Å². The molecule has 3 aromatic rings. The molecule has 1 unspecified atom stereocenters. The summed E-state index contributed by atoms with van der Waals surface area (Å²) in [6.07, 6.45) is -0.723. The first-order valence-electron chi connectivity index (χ1n) is 9.93. The van der Waals surface area contributed by atoms with Gasteiger partial charge in [0.15, 0.2) is 0 Å². The second-order valence-corrected chi connectivity index (χ2v) is 8.02. The molecule has 9 nitrogen and oxygen atoms in total. The summed E-state index contributed by atoms with van der Waals surface area (Å²) in [5, 5.41) is 18.7. The van der Waals surface area contributed by atoms with Crippen LogP contribution in [0.25, 0.3) is 0 Å². The lowest BCUT2D eigenvalue weighted by Crippen LogP contribution is -2.28. The van der Waals surface area contributed by atoms with Crippen molar-refractivity contribution in [3.63, 3.8) is 0 Å². The molecule has 0 saturated carbocycles. The van der Waals surface area contributed by atoms with E-state index in [9.17, 15) is 14.9 Å². The molecule has 1 aliphatic heterocycles. The zero-order valence-corrected chi connectivity index (χ0v) is 19.2. The maximum Gasteiger partial charge on any atom is 0.275 e. The van der Waals surface area contributed by atoms with Crippen LogP contribution in [0.1, 0.15) is 12.0 Å². The van der Waals surface area contributed by atoms with E-state index in [1.54, 1.807) is 19.2 Å². The molecule has 0 aromatic heterocycles. The van der Waals surface area contributed by atoms with Crippen LogP contribution in [0.15, 0.2) is 65.8 Å². The quantitative estimate of drug-likeness (QED) is 0.321. The Morgan fingerprint density at radius 3 is 2.68 bits per heavy atom. The number of ether oxygens (including phenoxy) is 2. The van der Waals surface area contributed by atoms with Gasteiger partial charge in [-0.2, -0.15) is 0 Å². The molecule has 11 heteroatoms. The number of carbonyl (C=O) groups is 1. The summed E-state index contributed by atoms with van der Waals surface area (Å²) in [4.78, 5) is 28.9. The Morgan fingerprint density at radius 2 is 1.94 bits per heavy atom. The molecule has 34 heavy (non-hydrogen) atoms. The Morgan fingerprint density at radius 1 is 1.15 bits per heavy atom. The number of non-ortho nitro benzene ring substituents is 1. The number of nitro benzene ring substituents is 1. The van der Waals surface area contributed by atoms with Gasteiger partial charge in [0.05, 0.1) is 34.5 Å². The van der Waals surface area contributed by atoms with E-state index in [-0.39, 0.29) is 34.3 Å². The van der Waals surface area contributed by atoms with Crippen LogP contribution in [0, 0.1) is 10.1 Å². The molecule has 0 bridgehead atoms. The van der Waals surface area contributed by atoms with Gasteiger partial charge in [0.1, 0.15) is 17.2 Å². The lowest BCUT2D eigenvalue weighted by Gasteiger charge is -2.12. The first-order valence-corrected chi connectivity index (χ1v) is 10.7. The Kier molecular flexibility index (Phi) is 6.85. The summed E-state index contributed by atoms with van der Waals surface area (Å²) in [6, 6.07) is 15.7. The Labute approximate surface area is 204 Å². The van der Waals surface area contributed by atoms with E-state index in [4.69, 9.17) is 37.5 Å². The highest BCUT2D eigenvalue weighted by Gasteiger charge is 2.30. The SMILES string of the molecule is COc1ccccc1C1=NOC(C(=O)Nc2cc(Oc3ccc(Cl)cc3Cl)cc([N+](=O)[O-])c2)C1. The van der Waals surface area contributed by atoms with Gasteiger partial charge in [-0.3, -0.25) is 14.9 Å². The number of rotatable bonds is 7. The molecule has 1 heterocycles. The van der Waals surface area contributed by atoms with Crippen molar-refractivity contribution >= 4 is 46.2 Å². The van der Waals surface area contributed by atoms with E-state index in [1.807, 2.05) is 18.2 Å². The second-order valence-electron chi connectivity index (χ2n) is 7.18. The number of nitrogens with zero attached hydrogens (tertiary/aromatic N) is 2. The van der Waals surface area contributed by atoms with E-state index in [1.165, 1.54) is 30.3 Å². The van der Waals surface area contributed by atoms with E-state index < -0.39 is 16.9 Å². The number of oxime groups is 1. The van der Waals surface area contributed by atoms with Gasteiger partial charge in [-0.15, -0.1) is 0 Å². The van der Waals surface area contributed by atoms with E-state index in [2.05, 4.69) is 10.5 Å². The lowest BCUT2D eigenvalue weighted by atomic mass is 10.0. The van der Waals surface area contributed by atoms with Crippen molar-refractivity contribution in [2.45, 2.75) is 12.5 Å². The Balaban J connectivity index is 1.51. The van der Waals surface area contributed by atoms with Crippen molar-refractivity contribution in [3.05, 3.63) is 86.4 Å². The van der Waals surface area contributed by atoms with Gasteiger partial charge in [-0.25, -0.2) is 0 Å². The molecule has 1 atom stereocenters. The van der Waals surface area contributed by atoms with Crippen LogP contribution in [0.5, 0.6) is 17.2 Å². The number of halogens is 2. The number of para-hydroxylation sites is 1. The number of methoxy groups -OCH3 is 1. The number of anilines is 1. The van der Waals surface area contributed by atoms with Crippen LogP contribution in [-0.4, -0.2) is 29.8 Å². The molecule has 0 spiro atoms. The second kappa shape index (κ2) is 9.98. The third-order valence-electron chi connectivity index (χ3n) is 4.87. The molecule has 0 fully saturated rings.